The van der Waals surface area contributed by atoms with Gasteiger partial charge in [0.1, 0.15) is 0 Å². The minimum absolute atomic E-state index is 0.201. The number of nitrogens with zero attached hydrogens (tertiary/aromatic N) is 3. The van der Waals surface area contributed by atoms with Crippen molar-refractivity contribution in [2.24, 2.45) is 0 Å². The van der Waals surface area contributed by atoms with E-state index in [1.165, 1.54) is 0 Å². The van der Waals surface area contributed by atoms with Gasteiger partial charge in [-0.3, -0.25) is 4.79 Å². The molecule has 0 spiro atoms. The van der Waals surface area contributed by atoms with Crippen molar-refractivity contribution in [1.82, 2.24) is 20.4 Å². The van der Waals surface area contributed by atoms with E-state index in [-0.39, 0.29) is 11.8 Å². The number of piperidine rings is 2. The summed E-state index contributed by atoms with van der Waals surface area (Å²) >= 11 is 0. The Morgan fingerprint density at radius 2 is 2.05 bits per heavy atom. The van der Waals surface area contributed by atoms with Crippen LogP contribution in [0.3, 0.4) is 0 Å². The van der Waals surface area contributed by atoms with Crippen molar-refractivity contribution in [2.75, 3.05) is 26.2 Å². The first kappa shape index (κ1) is 14.5. The third-order valence-corrected chi connectivity index (χ3v) is 4.53. The zero-order chi connectivity index (χ0) is 14.7. The second-order valence-electron chi connectivity index (χ2n) is 6.05. The van der Waals surface area contributed by atoms with Gasteiger partial charge in [0, 0.05) is 32.0 Å². The van der Waals surface area contributed by atoms with Crippen molar-refractivity contribution >= 4 is 5.91 Å². The van der Waals surface area contributed by atoms with Crippen LogP contribution >= 0.6 is 0 Å². The molecule has 0 radical (unpaired) electrons. The molecule has 2 fully saturated rings. The summed E-state index contributed by atoms with van der Waals surface area (Å²) in [4.78, 5) is 13.8. The van der Waals surface area contributed by atoms with Crippen LogP contribution in [-0.2, 0) is 4.79 Å². The van der Waals surface area contributed by atoms with Gasteiger partial charge in [-0.2, -0.15) is 0 Å². The molecule has 2 atom stereocenters. The van der Waals surface area contributed by atoms with Gasteiger partial charge in [0.25, 0.3) is 0 Å². The summed E-state index contributed by atoms with van der Waals surface area (Å²) in [5, 5.41) is 11.9. The molecule has 116 valence electrons. The van der Waals surface area contributed by atoms with Gasteiger partial charge in [0.05, 0.1) is 5.92 Å². The normalized spacial score (nSPS) is 26.8. The van der Waals surface area contributed by atoms with Crippen LogP contribution in [0.2, 0.25) is 0 Å². The molecule has 0 saturated carbocycles. The average Bonchev–Trinajstić information content (AvgIpc) is 3.05. The number of hydrogen-bond acceptors (Lipinski definition) is 5. The maximum Gasteiger partial charge on any atom is 0.222 e. The summed E-state index contributed by atoms with van der Waals surface area (Å²) in [5.41, 5.74) is 0. The zero-order valence-corrected chi connectivity index (χ0v) is 12.7. The number of likely N-dealkylation sites (tertiary alicyclic amines) is 1. The molecule has 3 heterocycles. The zero-order valence-electron chi connectivity index (χ0n) is 12.7. The molecule has 1 aromatic heterocycles. The van der Waals surface area contributed by atoms with E-state index in [0.29, 0.717) is 18.2 Å². The Balaban J connectivity index is 1.66. The largest absolute Gasteiger partial charge is 0.425 e. The molecule has 0 aromatic carbocycles. The predicted molar refractivity (Wildman–Crippen MR) is 78.0 cm³/mol. The lowest BCUT2D eigenvalue weighted by Gasteiger charge is -2.30. The van der Waals surface area contributed by atoms with E-state index in [0.717, 1.165) is 57.8 Å². The maximum absolute atomic E-state index is 11.8. The highest BCUT2D eigenvalue weighted by Gasteiger charge is 2.29. The summed E-state index contributed by atoms with van der Waals surface area (Å²) < 4.78 is 5.92. The Morgan fingerprint density at radius 3 is 2.76 bits per heavy atom. The van der Waals surface area contributed by atoms with E-state index in [1.54, 1.807) is 0 Å². The van der Waals surface area contributed by atoms with Crippen LogP contribution in [0.1, 0.15) is 62.6 Å². The molecule has 0 aliphatic carbocycles. The number of amides is 1. The number of rotatable bonds is 3. The molecular weight excluding hydrogens is 268 g/mol. The van der Waals surface area contributed by atoms with Crippen LogP contribution in [0.5, 0.6) is 0 Å². The molecule has 1 aromatic rings. The predicted octanol–water partition coefficient (Wildman–Crippen LogP) is 1.65. The van der Waals surface area contributed by atoms with E-state index in [4.69, 9.17) is 4.42 Å². The summed E-state index contributed by atoms with van der Waals surface area (Å²) in [7, 11) is 0. The van der Waals surface area contributed by atoms with E-state index >= 15 is 0 Å². The molecule has 2 aliphatic rings. The number of aromatic nitrogens is 2. The standard InChI is InChI=1S/C15H24N4O2/c1-2-13(20)19-8-4-6-12(10-19)15-18-17-14(21-15)11-5-3-7-16-9-11/h11-12,16H,2-10H2,1H3/t11-,12-/m0/s1. The summed E-state index contributed by atoms with van der Waals surface area (Å²) in [6.07, 6.45) is 4.87. The molecule has 21 heavy (non-hydrogen) atoms. The SMILES string of the molecule is CCC(=O)N1CCC[C@H](c2nnc([C@H]3CCCNC3)o2)C1. The summed E-state index contributed by atoms with van der Waals surface area (Å²) in [6.45, 7) is 5.49. The second kappa shape index (κ2) is 6.56. The minimum atomic E-state index is 0.201. The Bertz CT molecular complexity index is 482. The van der Waals surface area contributed by atoms with Gasteiger partial charge in [0.15, 0.2) is 0 Å². The van der Waals surface area contributed by atoms with Crippen molar-refractivity contribution in [3.8, 4) is 0 Å². The monoisotopic (exact) mass is 292 g/mol. The van der Waals surface area contributed by atoms with Crippen LogP contribution in [0.15, 0.2) is 4.42 Å². The van der Waals surface area contributed by atoms with Crippen molar-refractivity contribution in [3.63, 3.8) is 0 Å². The number of hydrogen-bond donors (Lipinski definition) is 1. The third kappa shape index (κ3) is 3.26. The Hall–Kier alpha value is -1.43. The molecule has 0 unspecified atom stereocenters. The van der Waals surface area contributed by atoms with Crippen molar-refractivity contribution in [1.29, 1.82) is 0 Å². The molecule has 2 saturated heterocycles. The van der Waals surface area contributed by atoms with Gasteiger partial charge in [-0.05, 0) is 32.2 Å². The Morgan fingerprint density at radius 1 is 1.29 bits per heavy atom. The molecule has 3 rings (SSSR count). The van der Waals surface area contributed by atoms with Crippen molar-refractivity contribution < 1.29 is 9.21 Å². The molecule has 2 aliphatic heterocycles. The second-order valence-corrected chi connectivity index (χ2v) is 6.05. The van der Waals surface area contributed by atoms with E-state index < -0.39 is 0 Å². The average molecular weight is 292 g/mol. The first-order valence-corrected chi connectivity index (χ1v) is 8.09. The van der Waals surface area contributed by atoms with Crippen LogP contribution in [0.25, 0.3) is 0 Å². The van der Waals surface area contributed by atoms with Gasteiger partial charge in [-0.1, -0.05) is 6.92 Å². The lowest BCUT2D eigenvalue weighted by atomic mass is 9.97. The van der Waals surface area contributed by atoms with E-state index in [9.17, 15) is 4.79 Å². The number of carbonyl (C=O) groups is 1. The summed E-state index contributed by atoms with van der Waals surface area (Å²) in [6, 6.07) is 0. The van der Waals surface area contributed by atoms with Gasteiger partial charge in [0.2, 0.25) is 17.7 Å². The molecule has 6 nitrogen and oxygen atoms in total. The Kier molecular flexibility index (Phi) is 4.53. The van der Waals surface area contributed by atoms with Crippen LogP contribution in [0, 0.1) is 0 Å². The molecule has 0 bridgehead atoms. The highest BCUT2D eigenvalue weighted by Crippen LogP contribution is 2.29. The van der Waals surface area contributed by atoms with Crippen LogP contribution in [-0.4, -0.2) is 47.2 Å². The fourth-order valence-electron chi connectivity index (χ4n) is 3.27. The van der Waals surface area contributed by atoms with Crippen molar-refractivity contribution in [3.05, 3.63) is 11.8 Å². The van der Waals surface area contributed by atoms with Gasteiger partial charge < -0.3 is 14.6 Å². The number of nitrogens with one attached hydrogen (secondary N) is 1. The fourth-order valence-corrected chi connectivity index (χ4v) is 3.27. The maximum atomic E-state index is 11.8. The third-order valence-electron chi connectivity index (χ3n) is 4.53. The minimum Gasteiger partial charge on any atom is -0.425 e. The number of carbonyl (C=O) groups excluding carboxylic acids is 1. The van der Waals surface area contributed by atoms with E-state index in [2.05, 4.69) is 15.5 Å². The molecule has 1 N–H and O–H groups in total. The molecule has 1 amide bonds. The molecular formula is C15H24N4O2. The highest BCUT2D eigenvalue weighted by atomic mass is 16.4. The topological polar surface area (TPSA) is 71.3 Å². The van der Waals surface area contributed by atoms with E-state index in [1.807, 2.05) is 11.8 Å². The fraction of sp³-hybridized carbons (Fsp3) is 0.800. The lowest BCUT2D eigenvalue weighted by Crippen LogP contribution is -2.38. The summed E-state index contributed by atoms with van der Waals surface area (Å²) in [5.74, 6) is 2.24. The lowest BCUT2D eigenvalue weighted by molar-refractivity contribution is -0.132. The first-order chi connectivity index (χ1) is 10.3. The smallest absolute Gasteiger partial charge is 0.222 e. The van der Waals surface area contributed by atoms with Gasteiger partial charge in [-0.15, -0.1) is 10.2 Å². The van der Waals surface area contributed by atoms with Gasteiger partial charge >= 0.3 is 0 Å². The van der Waals surface area contributed by atoms with Crippen LogP contribution < -0.4 is 5.32 Å². The quantitative estimate of drug-likeness (QED) is 0.917. The molecule has 6 heteroatoms. The highest BCUT2D eigenvalue weighted by molar-refractivity contribution is 5.75. The van der Waals surface area contributed by atoms with Crippen molar-refractivity contribution in [2.45, 2.75) is 50.9 Å². The van der Waals surface area contributed by atoms with Gasteiger partial charge in [-0.25, -0.2) is 0 Å². The first-order valence-electron chi connectivity index (χ1n) is 8.09. The van der Waals surface area contributed by atoms with Crippen LogP contribution in [0.4, 0.5) is 0 Å². The Labute approximate surface area is 125 Å².